The molecular formula is C15H29NO2. The van der Waals surface area contributed by atoms with Crippen molar-refractivity contribution in [2.45, 2.75) is 65.3 Å². The SMILES string of the molecule is CCCCC(CC)COC(=O)C(C)N1CCCC1. The molecule has 1 rings (SSSR count). The highest BCUT2D eigenvalue weighted by atomic mass is 16.5. The summed E-state index contributed by atoms with van der Waals surface area (Å²) in [5.41, 5.74) is 0. The van der Waals surface area contributed by atoms with E-state index in [1.165, 1.54) is 32.1 Å². The van der Waals surface area contributed by atoms with Gasteiger partial charge < -0.3 is 4.74 Å². The Hall–Kier alpha value is -0.570. The summed E-state index contributed by atoms with van der Waals surface area (Å²) in [6.07, 6.45) is 7.16. The number of hydrogen-bond donors (Lipinski definition) is 0. The molecular weight excluding hydrogens is 226 g/mol. The summed E-state index contributed by atoms with van der Waals surface area (Å²) in [4.78, 5) is 14.2. The van der Waals surface area contributed by atoms with Crippen LogP contribution in [0.4, 0.5) is 0 Å². The lowest BCUT2D eigenvalue weighted by molar-refractivity contribution is -0.150. The van der Waals surface area contributed by atoms with Crippen molar-refractivity contribution < 1.29 is 9.53 Å². The van der Waals surface area contributed by atoms with Crippen molar-refractivity contribution in [3.63, 3.8) is 0 Å². The summed E-state index contributed by atoms with van der Waals surface area (Å²) in [6, 6.07) is -0.0591. The first-order valence-corrected chi connectivity index (χ1v) is 7.59. The number of nitrogens with zero attached hydrogens (tertiary/aromatic N) is 1. The van der Waals surface area contributed by atoms with E-state index in [9.17, 15) is 4.79 Å². The van der Waals surface area contributed by atoms with Crippen molar-refractivity contribution in [1.29, 1.82) is 0 Å². The average Bonchev–Trinajstić information content (AvgIpc) is 2.91. The molecule has 106 valence electrons. The number of ether oxygens (including phenoxy) is 1. The van der Waals surface area contributed by atoms with Gasteiger partial charge in [-0.15, -0.1) is 0 Å². The lowest BCUT2D eigenvalue weighted by Crippen LogP contribution is -2.38. The maximum absolute atomic E-state index is 12.0. The van der Waals surface area contributed by atoms with Crippen LogP contribution in [-0.4, -0.2) is 36.6 Å². The van der Waals surface area contributed by atoms with Crippen molar-refractivity contribution in [2.24, 2.45) is 5.92 Å². The molecule has 1 aliphatic heterocycles. The molecule has 1 fully saturated rings. The first kappa shape index (κ1) is 15.5. The summed E-state index contributed by atoms with van der Waals surface area (Å²) in [7, 11) is 0. The Labute approximate surface area is 112 Å². The van der Waals surface area contributed by atoms with Gasteiger partial charge in [-0.2, -0.15) is 0 Å². The van der Waals surface area contributed by atoms with E-state index in [0.29, 0.717) is 12.5 Å². The van der Waals surface area contributed by atoms with Crippen LogP contribution in [0.5, 0.6) is 0 Å². The van der Waals surface area contributed by atoms with Gasteiger partial charge in [0.2, 0.25) is 0 Å². The number of carbonyl (C=O) groups excluding carboxylic acids is 1. The highest BCUT2D eigenvalue weighted by Gasteiger charge is 2.25. The molecule has 0 bridgehead atoms. The topological polar surface area (TPSA) is 29.5 Å². The minimum Gasteiger partial charge on any atom is -0.464 e. The van der Waals surface area contributed by atoms with Gasteiger partial charge in [-0.05, 0) is 45.2 Å². The summed E-state index contributed by atoms with van der Waals surface area (Å²) < 4.78 is 5.49. The van der Waals surface area contributed by atoms with Crippen LogP contribution in [0.3, 0.4) is 0 Å². The fourth-order valence-corrected chi connectivity index (χ4v) is 2.50. The van der Waals surface area contributed by atoms with E-state index < -0.39 is 0 Å². The Kier molecular flexibility index (Phi) is 7.33. The number of unbranched alkanes of at least 4 members (excludes halogenated alkanes) is 1. The molecule has 0 N–H and O–H groups in total. The molecule has 0 aliphatic carbocycles. The quantitative estimate of drug-likeness (QED) is 0.624. The largest absolute Gasteiger partial charge is 0.464 e. The molecule has 3 nitrogen and oxygen atoms in total. The van der Waals surface area contributed by atoms with Gasteiger partial charge in [-0.25, -0.2) is 0 Å². The van der Waals surface area contributed by atoms with Crippen molar-refractivity contribution in [3.8, 4) is 0 Å². The van der Waals surface area contributed by atoms with E-state index in [4.69, 9.17) is 4.74 Å². The van der Waals surface area contributed by atoms with Gasteiger partial charge in [-0.3, -0.25) is 9.69 Å². The van der Waals surface area contributed by atoms with Gasteiger partial charge in [-0.1, -0.05) is 33.1 Å². The lowest BCUT2D eigenvalue weighted by atomic mass is 10.0. The van der Waals surface area contributed by atoms with Crippen LogP contribution in [0.25, 0.3) is 0 Å². The van der Waals surface area contributed by atoms with E-state index in [2.05, 4.69) is 18.7 Å². The first-order chi connectivity index (χ1) is 8.69. The third-order valence-electron chi connectivity index (χ3n) is 4.03. The molecule has 0 amide bonds. The first-order valence-electron chi connectivity index (χ1n) is 7.59. The molecule has 18 heavy (non-hydrogen) atoms. The van der Waals surface area contributed by atoms with Crippen molar-refractivity contribution >= 4 is 5.97 Å². The zero-order valence-corrected chi connectivity index (χ0v) is 12.3. The van der Waals surface area contributed by atoms with Gasteiger partial charge in [0, 0.05) is 0 Å². The third-order valence-corrected chi connectivity index (χ3v) is 4.03. The molecule has 2 unspecified atom stereocenters. The molecule has 3 heteroatoms. The number of esters is 1. The molecule has 0 radical (unpaired) electrons. The molecule has 1 heterocycles. The predicted octanol–water partition coefficient (Wildman–Crippen LogP) is 3.23. The minimum absolute atomic E-state index is 0.0353. The normalized spacial score (nSPS) is 19.7. The van der Waals surface area contributed by atoms with Crippen LogP contribution in [0.1, 0.15) is 59.3 Å². The smallest absolute Gasteiger partial charge is 0.323 e. The monoisotopic (exact) mass is 255 g/mol. The highest BCUT2D eigenvalue weighted by Crippen LogP contribution is 2.15. The fourth-order valence-electron chi connectivity index (χ4n) is 2.50. The summed E-state index contributed by atoms with van der Waals surface area (Å²) >= 11 is 0. The Morgan fingerprint density at radius 1 is 1.28 bits per heavy atom. The second-order valence-corrected chi connectivity index (χ2v) is 5.47. The zero-order valence-electron chi connectivity index (χ0n) is 12.3. The minimum atomic E-state index is -0.0591. The standard InChI is InChI=1S/C15H29NO2/c1-4-6-9-14(5-2)12-18-15(17)13(3)16-10-7-8-11-16/h13-14H,4-12H2,1-3H3. The average molecular weight is 255 g/mol. The van der Waals surface area contributed by atoms with Gasteiger partial charge in [0.05, 0.1) is 6.61 Å². The number of likely N-dealkylation sites (tertiary alicyclic amines) is 1. The van der Waals surface area contributed by atoms with E-state index in [1.807, 2.05) is 6.92 Å². The van der Waals surface area contributed by atoms with Crippen LogP contribution in [0.15, 0.2) is 0 Å². The van der Waals surface area contributed by atoms with Gasteiger partial charge in [0.25, 0.3) is 0 Å². The Balaban J connectivity index is 2.25. The van der Waals surface area contributed by atoms with Crippen molar-refractivity contribution in [1.82, 2.24) is 4.90 Å². The molecule has 0 spiro atoms. The highest BCUT2D eigenvalue weighted by molar-refractivity contribution is 5.75. The van der Waals surface area contributed by atoms with Crippen LogP contribution >= 0.6 is 0 Å². The Bertz CT molecular complexity index is 237. The van der Waals surface area contributed by atoms with E-state index in [0.717, 1.165) is 19.5 Å². The van der Waals surface area contributed by atoms with Crippen LogP contribution in [0.2, 0.25) is 0 Å². The molecule has 0 aromatic carbocycles. The second-order valence-electron chi connectivity index (χ2n) is 5.47. The summed E-state index contributed by atoms with van der Waals surface area (Å²) in [5.74, 6) is 0.506. The van der Waals surface area contributed by atoms with Gasteiger partial charge >= 0.3 is 5.97 Å². The predicted molar refractivity (Wildman–Crippen MR) is 74.5 cm³/mol. The molecule has 0 aromatic heterocycles. The third kappa shape index (κ3) is 4.97. The van der Waals surface area contributed by atoms with E-state index >= 15 is 0 Å². The molecule has 0 saturated carbocycles. The Morgan fingerprint density at radius 3 is 2.50 bits per heavy atom. The van der Waals surface area contributed by atoms with Crippen molar-refractivity contribution in [3.05, 3.63) is 0 Å². The molecule has 1 aliphatic rings. The molecule has 1 saturated heterocycles. The summed E-state index contributed by atoms with van der Waals surface area (Å²) in [6.45, 7) is 9.05. The number of carbonyl (C=O) groups is 1. The molecule has 2 atom stereocenters. The van der Waals surface area contributed by atoms with E-state index in [1.54, 1.807) is 0 Å². The maximum atomic E-state index is 12.0. The lowest BCUT2D eigenvalue weighted by Gasteiger charge is -2.23. The Morgan fingerprint density at radius 2 is 1.94 bits per heavy atom. The van der Waals surface area contributed by atoms with E-state index in [-0.39, 0.29) is 12.0 Å². The van der Waals surface area contributed by atoms with Crippen LogP contribution in [-0.2, 0) is 9.53 Å². The van der Waals surface area contributed by atoms with Gasteiger partial charge in [0.15, 0.2) is 0 Å². The number of hydrogen-bond acceptors (Lipinski definition) is 3. The van der Waals surface area contributed by atoms with Gasteiger partial charge in [0.1, 0.15) is 6.04 Å². The second kappa shape index (κ2) is 8.52. The van der Waals surface area contributed by atoms with Crippen LogP contribution in [0, 0.1) is 5.92 Å². The fraction of sp³-hybridized carbons (Fsp3) is 0.933. The zero-order chi connectivity index (χ0) is 13.4. The summed E-state index contributed by atoms with van der Waals surface area (Å²) in [5, 5.41) is 0. The number of rotatable bonds is 8. The van der Waals surface area contributed by atoms with Crippen LogP contribution < -0.4 is 0 Å². The maximum Gasteiger partial charge on any atom is 0.323 e. The molecule has 0 aromatic rings. The van der Waals surface area contributed by atoms with Crippen molar-refractivity contribution in [2.75, 3.05) is 19.7 Å².